The molecule has 0 atom stereocenters. The molecule has 1 aliphatic heterocycles. The number of hydrogen-bond acceptors (Lipinski definition) is 5. The molecule has 1 fully saturated rings. The van der Waals surface area contributed by atoms with Crippen molar-refractivity contribution in [3.63, 3.8) is 0 Å². The third-order valence-corrected chi connectivity index (χ3v) is 4.64. The van der Waals surface area contributed by atoms with Crippen LogP contribution in [-0.2, 0) is 5.41 Å². The van der Waals surface area contributed by atoms with Gasteiger partial charge in [0.1, 0.15) is 0 Å². The molecule has 2 heterocycles. The smallest absolute Gasteiger partial charge is 0.247 e. The van der Waals surface area contributed by atoms with E-state index in [2.05, 4.69) is 77.4 Å². The second-order valence-electron chi connectivity index (χ2n) is 7.76. The monoisotopic (exact) mass is 325 g/mol. The third-order valence-electron chi connectivity index (χ3n) is 4.64. The maximum Gasteiger partial charge on any atom is 0.247 e. The largest absolute Gasteiger partial charge is 0.339 e. The minimum Gasteiger partial charge on any atom is -0.339 e. The highest BCUT2D eigenvalue weighted by molar-refractivity contribution is 5.57. The lowest BCUT2D eigenvalue weighted by Crippen LogP contribution is -2.34. The van der Waals surface area contributed by atoms with E-state index in [-0.39, 0.29) is 5.41 Å². The summed E-state index contributed by atoms with van der Waals surface area (Å²) in [5, 5.41) is 11.6. The van der Waals surface area contributed by atoms with E-state index in [1.807, 2.05) is 0 Å². The Balaban J connectivity index is 1.70. The van der Waals surface area contributed by atoms with E-state index in [9.17, 15) is 0 Å². The zero-order valence-corrected chi connectivity index (χ0v) is 15.1. The lowest BCUT2D eigenvalue weighted by Gasteiger charge is -2.29. The molecule has 2 aromatic rings. The lowest BCUT2D eigenvalue weighted by atomic mass is 9.87. The molecular weight excluding hydrogens is 298 g/mol. The Morgan fingerprint density at radius 1 is 1.08 bits per heavy atom. The van der Waals surface area contributed by atoms with Crippen molar-refractivity contribution in [2.75, 3.05) is 23.3 Å². The summed E-state index contributed by atoms with van der Waals surface area (Å²) in [6, 6.07) is 8.49. The predicted octanol–water partition coefficient (Wildman–Crippen LogP) is 4.15. The number of benzene rings is 1. The van der Waals surface area contributed by atoms with Gasteiger partial charge in [-0.25, -0.2) is 0 Å². The van der Waals surface area contributed by atoms with Gasteiger partial charge >= 0.3 is 0 Å². The van der Waals surface area contributed by atoms with Crippen LogP contribution in [0.5, 0.6) is 0 Å². The van der Waals surface area contributed by atoms with Gasteiger partial charge in [-0.3, -0.25) is 0 Å². The van der Waals surface area contributed by atoms with Gasteiger partial charge in [0.25, 0.3) is 0 Å². The second-order valence-corrected chi connectivity index (χ2v) is 7.76. The van der Waals surface area contributed by atoms with Gasteiger partial charge in [0.2, 0.25) is 5.95 Å². The fourth-order valence-electron chi connectivity index (χ4n) is 2.90. The van der Waals surface area contributed by atoms with Crippen LogP contribution in [0, 0.1) is 5.92 Å². The van der Waals surface area contributed by atoms with Crippen LogP contribution in [0.1, 0.15) is 46.1 Å². The molecule has 0 spiro atoms. The molecule has 1 saturated heterocycles. The van der Waals surface area contributed by atoms with Crippen molar-refractivity contribution >= 4 is 17.5 Å². The zero-order chi connectivity index (χ0) is 17.2. The van der Waals surface area contributed by atoms with Crippen molar-refractivity contribution < 1.29 is 0 Å². The Bertz CT molecular complexity index is 667. The highest BCUT2D eigenvalue weighted by Gasteiger charge is 2.18. The summed E-state index contributed by atoms with van der Waals surface area (Å²) < 4.78 is 0. The molecule has 0 radical (unpaired) electrons. The summed E-state index contributed by atoms with van der Waals surface area (Å²) in [4.78, 5) is 6.85. The van der Waals surface area contributed by atoms with E-state index >= 15 is 0 Å². The molecule has 0 amide bonds. The maximum absolute atomic E-state index is 4.63. The Hall–Kier alpha value is -2.17. The number of nitrogens with one attached hydrogen (secondary N) is 1. The second kappa shape index (κ2) is 6.75. The molecule has 0 unspecified atom stereocenters. The van der Waals surface area contributed by atoms with Gasteiger partial charge in [-0.2, -0.15) is 10.1 Å². The molecule has 5 nitrogen and oxygen atoms in total. The molecule has 1 aromatic heterocycles. The summed E-state index contributed by atoms with van der Waals surface area (Å²) in [7, 11) is 0. The van der Waals surface area contributed by atoms with Crippen molar-refractivity contribution in [2.45, 2.75) is 46.0 Å². The van der Waals surface area contributed by atoms with Crippen molar-refractivity contribution in [3.8, 4) is 0 Å². The third kappa shape index (κ3) is 4.02. The van der Waals surface area contributed by atoms with E-state index in [4.69, 9.17) is 0 Å². The summed E-state index contributed by atoms with van der Waals surface area (Å²) in [6.07, 6.45) is 4.05. The van der Waals surface area contributed by atoms with E-state index in [1.165, 1.54) is 18.4 Å². The van der Waals surface area contributed by atoms with Gasteiger partial charge in [-0.05, 0) is 41.9 Å². The quantitative estimate of drug-likeness (QED) is 0.919. The van der Waals surface area contributed by atoms with Crippen LogP contribution in [0.4, 0.5) is 17.5 Å². The van der Waals surface area contributed by atoms with E-state index < -0.39 is 0 Å². The number of hydrogen-bond donors (Lipinski definition) is 1. The summed E-state index contributed by atoms with van der Waals surface area (Å²) in [5.74, 6) is 2.25. The first-order valence-corrected chi connectivity index (χ1v) is 8.74. The van der Waals surface area contributed by atoms with Crippen molar-refractivity contribution in [1.82, 2.24) is 15.2 Å². The molecule has 0 aliphatic carbocycles. The Morgan fingerprint density at radius 2 is 1.75 bits per heavy atom. The highest BCUT2D eigenvalue weighted by atomic mass is 15.3. The van der Waals surface area contributed by atoms with Crippen LogP contribution in [0.25, 0.3) is 0 Å². The SMILES string of the molecule is CC1CCN(c2nncc(Nc3ccc(C(C)(C)C)cc3)n2)CC1. The number of aromatic nitrogens is 3. The molecule has 1 aromatic carbocycles. The number of rotatable bonds is 3. The molecular formula is C19H27N5. The van der Waals surface area contributed by atoms with Gasteiger partial charge in [0.05, 0.1) is 6.20 Å². The molecule has 0 bridgehead atoms. The molecule has 128 valence electrons. The minimum atomic E-state index is 0.160. The van der Waals surface area contributed by atoms with Gasteiger partial charge < -0.3 is 10.2 Å². The van der Waals surface area contributed by atoms with Gasteiger partial charge in [0.15, 0.2) is 5.82 Å². The Labute approximate surface area is 144 Å². The van der Waals surface area contributed by atoms with Crippen molar-refractivity contribution in [1.29, 1.82) is 0 Å². The molecule has 0 saturated carbocycles. The van der Waals surface area contributed by atoms with Crippen LogP contribution >= 0.6 is 0 Å². The van der Waals surface area contributed by atoms with Gasteiger partial charge in [-0.15, -0.1) is 5.10 Å². The van der Waals surface area contributed by atoms with E-state index in [0.29, 0.717) is 0 Å². The average Bonchev–Trinajstić information content (AvgIpc) is 2.55. The fourth-order valence-corrected chi connectivity index (χ4v) is 2.90. The van der Waals surface area contributed by atoms with Crippen LogP contribution in [0.2, 0.25) is 0 Å². The van der Waals surface area contributed by atoms with Crippen molar-refractivity contribution in [3.05, 3.63) is 36.0 Å². The minimum absolute atomic E-state index is 0.160. The molecule has 24 heavy (non-hydrogen) atoms. The summed E-state index contributed by atoms with van der Waals surface area (Å²) in [5.41, 5.74) is 2.49. The normalized spacial score (nSPS) is 16.2. The molecule has 3 rings (SSSR count). The standard InChI is InChI=1S/C19H27N5/c1-14-9-11-24(12-10-14)18-22-17(13-20-23-18)21-16-7-5-15(6-8-16)19(2,3)4/h5-8,13-14H,9-12H2,1-4H3,(H,21,22,23). The topological polar surface area (TPSA) is 53.9 Å². The first kappa shape index (κ1) is 16.7. The number of nitrogens with zero attached hydrogens (tertiary/aromatic N) is 4. The van der Waals surface area contributed by atoms with E-state index in [0.717, 1.165) is 36.5 Å². The van der Waals surface area contributed by atoms with Crippen LogP contribution in [0.15, 0.2) is 30.5 Å². The van der Waals surface area contributed by atoms with Crippen molar-refractivity contribution in [2.24, 2.45) is 5.92 Å². The zero-order valence-electron chi connectivity index (χ0n) is 15.1. The average molecular weight is 325 g/mol. The summed E-state index contributed by atoms with van der Waals surface area (Å²) >= 11 is 0. The summed E-state index contributed by atoms with van der Waals surface area (Å²) in [6.45, 7) is 11.0. The van der Waals surface area contributed by atoms with Crippen LogP contribution in [-0.4, -0.2) is 28.3 Å². The first-order chi connectivity index (χ1) is 11.4. The van der Waals surface area contributed by atoms with E-state index in [1.54, 1.807) is 6.20 Å². The molecule has 1 N–H and O–H groups in total. The van der Waals surface area contributed by atoms with Gasteiger partial charge in [-0.1, -0.05) is 39.8 Å². The predicted molar refractivity (Wildman–Crippen MR) is 98.9 cm³/mol. The molecule has 1 aliphatic rings. The first-order valence-electron chi connectivity index (χ1n) is 8.74. The molecule has 5 heteroatoms. The van der Waals surface area contributed by atoms with Gasteiger partial charge in [0, 0.05) is 18.8 Å². The Kier molecular flexibility index (Phi) is 4.69. The number of anilines is 3. The van der Waals surface area contributed by atoms with Crippen LogP contribution in [0.3, 0.4) is 0 Å². The van der Waals surface area contributed by atoms with Crippen LogP contribution < -0.4 is 10.2 Å². The Morgan fingerprint density at radius 3 is 2.38 bits per heavy atom. The maximum atomic E-state index is 4.63. The number of piperidine rings is 1. The lowest BCUT2D eigenvalue weighted by molar-refractivity contribution is 0.433. The highest BCUT2D eigenvalue weighted by Crippen LogP contribution is 2.25. The fraction of sp³-hybridized carbons (Fsp3) is 0.526.